The van der Waals surface area contributed by atoms with Gasteiger partial charge in [-0.25, -0.2) is 9.18 Å². The number of benzene rings is 3. The van der Waals surface area contributed by atoms with E-state index in [9.17, 15) is 14.0 Å². The molecule has 1 N–H and O–H groups in total. The zero-order valence-electron chi connectivity index (χ0n) is 15.3. The number of carbonyl (C=O) groups is 2. The van der Waals surface area contributed by atoms with Crippen LogP contribution in [0.25, 0.3) is 17.2 Å². The molecule has 0 aliphatic heterocycles. The molecule has 6 heteroatoms. The Hall–Kier alpha value is -3.44. The highest BCUT2D eigenvalue weighted by Gasteiger charge is 2.10. The van der Waals surface area contributed by atoms with Crippen molar-refractivity contribution in [3.05, 3.63) is 95.3 Å². The van der Waals surface area contributed by atoms with Gasteiger partial charge in [-0.2, -0.15) is 0 Å². The van der Waals surface area contributed by atoms with Gasteiger partial charge >= 0.3 is 5.97 Å². The molecule has 0 unspecified atom stereocenters. The number of ether oxygens (including phenoxy) is 1. The van der Waals surface area contributed by atoms with E-state index in [1.54, 1.807) is 6.07 Å². The first kappa shape index (κ1) is 20.3. The van der Waals surface area contributed by atoms with E-state index < -0.39 is 24.3 Å². The third-order valence-electron chi connectivity index (χ3n) is 3.99. The molecule has 146 valence electrons. The fourth-order valence-corrected chi connectivity index (χ4v) is 2.80. The minimum atomic E-state index is -0.697. The van der Waals surface area contributed by atoms with Crippen molar-refractivity contribution in [2.24, 2.45) is 0 Å². The molecule has 0 fully saturated rings. The summed E-state index contributed by atoms with van der Waals surface area (Å²) >= 11 is 5.69. The van der Waals surface area contributed by atoms with Crippen molar-refractivity contribution in [1.29, 1.82) is 0 Å². The SMILES string of the molecule is O=C(COC(=O)/C=C/c1ccc(F)c(Cl)c1)Nc1ccccc1-c1ccccc1. The largest absolute Gasteiger partial charge is 0.452 e. The topological polar surface area (TPSA) is 55.4 Å². The summed E-state index contributed by atoms with van der Waals surface area (Å²) in [4.78, 5) is 24.0. The molecule has 1 amide bonds. The molecule has 3 aromatic rings. The van der Waals surface area contributed by atoms with E-state index in [1.807, 2.05) is 48.5 Å². The first-order chi connectivity index (χ1) is 14.0. The highest BCUT2D eigenvalue weighted by atomic mass is 35.5. The number of carbonyl (C=O) groups excluding carboxylic acids is 2. The average Bonchev–Trinajstić information content (AvgIpc) is 2.74. The van der Waals surface area contributed by atoms with Crippen molar-refractivity contribution < 1.29 is 18.7 Å². The number of amides is 1. The summed E-state index contributed by atoms with van der Waals surface area (Å²) in [5.41, 5.74) is 2.98. The van der Waals surface area contributed by atoms with Crippen molar-refractivity contribution in [3.8, 4) is 11.1 Å². The summed E-state index contributed by atoms with van der Waals surface area (Å²) < 4.78 is 18.1. The second-order valence-corrected chi connectivity index (χ2v) is 6.48. The van der Waals surface area contributed by atoms with Crippen LogP contribution in [0, 0.1) is 5.82 Å². The van der Waals surface area contributed by atoms with Crippen LogP contribution < -0.4 is 5.32 Å². The molecule has 0 spiro atoms. The predicted octanol–water partition coefficient (Wildman–Crippen LogP) is 5.34. The quantitative estimate of drug-likeness (QED) is 0.441. The molecule has 0 atom stereocenters. The molecule has 0 aliphatic rings. The van der Waals surface area contributed by atoms with Crippen LogP contribution in [0.5, 0.6) is 0 Å². The lowest BCUT2D eigenvalue weighted by Gasteiger charge is -2.11. The number of anilines is 1. The molecule has 0 saturated heterocycles. The van der Waals surface area contributed by atoms with Crippen molar-refractivity contribution >= 4 is 35.2 Å². The Morgan fingerprint density at radius 1 is 1.00 bits per heavy atom. The van der Waals surface area contributed by atoms with Crippen LogP contribution in [-0.2, 0) is 14.3 Å². The lowest BCUT2D eigenvalue weighted by molar-refractivity contribution is -0.142. The highest BCUT2D eigenvalue weighted by molar-refractivity contribution is 6.30. The molecule has 0 bridgehead atoms. The normalized spacial score (nSPS) is 10.7. The van der Waals surface area contributed by atoms with Crippen LogP contribution in [0.3, 0.4) is 0 Å². The Labute approximate surface area is 172 Å². The van der Waals surface area contributed by atoms with E-state index in [0.717, 1.165) is 17.2 Å². The van der Waals surface area contributed by atoms with E-state index >= 15 is 0 Å². The van der Waals surface area contributed by atoms with Crippen molar-refractivity contribution in [3.63, 3.8) is 0 Å². The molecular weight excluding hydrogens is 393 g/mol. The monoisotopic (exact) mass is 409 g/mol. The third-order valence-corrected chi connectivity index (χ3v) is 4.28. The molecule has 0 heterocycles. The Balaban J connectivity index is 1.57. The van der Waals surface area contributed by atoms with Crippen LogP contribution in [0.2, 0.25) is 5.02 Å². The maximum atomic E-state index is 13.1. The molecule has 0 saturated carbocycles. The molecule has 4 nitrogen and oxygen atoms in total. The summed E-state index contributed by atoms with van der Waals surface area (Å²) in [6, 6.07) is 21.0. The van der Waals surface area contributed by atoms with Crippen molar-refractivity contribution in [1.82, 2.24) is 0 Å². The number of nitrogens with one attached hydrogen (secondary N) is 1. The van der Waals surface area contributed by atoms with Gasteiger partial charge in [0.05, 0.1) is 5.02 Å². The van der Waals surface area contributed by atoms with Gasteiger partial charge in [0.1, 0.15) is 5.82 Å². The molecule has 0 aromatic heterocycles. The summed E-state index contributed by atoms with van der Waals surface area (Å²) in [5.74, 6) is -1.70. The first-order valence-electron chi connectivity index (χ1n) is 8.77. The van der Waals surface area contributed by atoms with E-state index in [1.165, 1.54) is 24.3 Å². The Bertz CT molecular complexity index is 1050. The van der Waals surface area contributed by atoms with Gasteiger partial charge in [-0.1, -0.05) is 66.2 Å². The number of rotatable bonds is 6. The molecule has 0 aliphatic carbocycles. The fraction of sp³-hybridized carbons (Fsp3) is 0.0435. The third kappa shape index (κ3) is 5.77. The summed E-state index contributed by atoms with van der Waals surface area (Å²) in [7, 11) is 0. The lowest BCUT2D eigenvalue weighted by atomic mass is 10.0. The summed E-state index contributed by atoms with van der Waals surface area (Å²) in [6.45, 7) is -0.434. The first-order valence-corrected chi connectivity index (χ1v) is 9.15. The smallest absolute Gasteiger partial charge is 0.331 e. The highest BCUT2D eigenvalue weighted by Crippen LogP contribution is 2.27. The van der Waals surface area contributed by atoms with E-state index in [-0.39, 0.29) is 5.02 Å². The van der Waals surface area contributed by atoms with Gasteiger partial charge in [0.2, 0.25) is 0 Å². The van der Waals surface area contributed by atoms with Crippen LogP contribution in [0.15, 0.2) is 78.9 Å². The van der Waals surface area contributed by atoms with E-state index in [2.05, 4.69) is 5.32 Å². The minimum absolute atomic E-state index is 0.0445. The number of para-hydroxylation sites is 1. The van der Waals surface area contributed by atoms with Crippen molar-refractivity contribution in [2.45, 2.75) is 0 Å². The summed E-state index contributed by atoms with van der Waals surface area (Å²) in [5, 5.41) is 2.71. The van der Waals surface area contributed by atoms with E-state index in [4.69, 9.17) is 16.3 Å². The maximum absolute atomic E-state index is 13.1. The zero-order chi connectivity index (χ0) is 20.6. The Morgan fingerprint density at radius 2 is 1.72 bits per heavy atom. The second kappa shape index (κ2) is 9.66. The van der Waals surface area contributed by atoms with Crippen LogP contribution in [0.4, 0.5) is 10.1 Å². The minimum Gasteiger partial charge on any atom is -0.452 e. The lowest BCUT2D eigenvalue weighted by Crippen LogP contribution is -2.20. The average molecular weight is 410 g/mol. The Kier molecular flexibility index (Phi) is 6.76. The zero-order valence-corrected chi connectivity index (χ0v) is 16.0. The Morgan fingerprint density at radius 3 is 2.48 bits per heavy atom. The van der Waals surface area contributed by atoms with Gasteiger partial charge in [0, 0.05) is 17.3 Å². The summed E-state index contributed by atoms with van der Waals surface area (Å²) in [6.07, 6.45) is 2.57. The molecular formula is C23H17ClFNO3. The second-order valence-electron chi connectivity index (χ2n) is 6.07. The number of hydrogen-bond donors (Lipinski definition) is 1. The van der Waals surface area contributed by atoms with Gasteiger partial charge in [-0.15, -0.1) is 0 Å². The molecule has 3 rings (SSSR count). The van der Waals surface area contributed by atoms with Crippen molar-refractivity contribution in [2.75, 3.05) is 11.9 Å². The van der Waals surface area contributed by atoms with Crippen LogP contribution >= 0.6 is 11.6 Å². The van der Waals surface area contributed by atoms with Gasteiger partial charge in [-0.3, -0.25) is 4.79 Å². The fourth-order valence-electron chi connectivity index (χ4n) is 2.61. The maximum Gasteiger partial charge on any atom is 0.331 e. The number of hydrogen-bond acceptors (Lipinski definition) is 3. The van der Waals surface area contributed by atoms with Gasteiger partial charge < -0.3 is 10.1 Å². The number of halogens is 2. The standard InChI is InChI=1S/C23H17ClFNO3/c24-19-14-16(10-12-20(19)25)11-13-23(28)29-15-22(27)26-21-9-5-4-8-18(21)17-6-2-1-3-7-17/h1-14H,15H2,(H,26,27)/b13-11+. The number of esters is 1. The molecule has 3 aromatic carbocycles. The van der Waals surface area contributed by atoms with Crippen LogP contribution in [0.1, 0.15) is 5.56 Å². The van der Waals surface area contributed by atoms with E-state index in [0.29, 0.717) is 11.3 Å². The molecule has 0 radical (unpaired) electrons. The predicted molar refractivity (Wildman–Crippen MR) is 112 cm³/mol. The van der Waals surface area contributed by atoms with Crippen LogP contribution in [-0.4, -0.2) is 18.5 Å². The van der Waals surface area contributed by atoms with Gasteiger partial charge in [0.25, 0.3) is 5.91 Å². The molecule has 29 heavy (non-hydrogen) atoms. The van der Waals surface area contributed by atoms with Gasteiger partial charge in [0.15, 0.2) is 6.61 Å². The van der Waals surface area contributed by atoms with Gasteiger partial charge in [-0.05, 0) is 35.4 Å².